The van der Waals surface area contributed by atoms with Gasteiger partial charge in [0.2, 0.25) is 5.92 Å². The summed E-state index contributed by atoms with van der Waals surface area (Å²) in [6, 6.07) is 4.95. The van der Waals surface area contributed by atoms with E-state index in [1.165, 1.54) is 0 Å². The van der Waals surface area contributed by atoms with Gasteiger partial charge in [-0.1, -0.05) is 0 Å². The summed E-state index contributed by atoms with van der Waals surface area (Å²) in [6.45, 7) is 0. The molecule has 0 radical (unpaired) electrons. The minimum Gasteiger partial charge on any atom is -0.490 e. The maximum absolute atomic E-state index is 14.8. The van der Waals surface area contributed by atoms with E-state index < -0.39 is 40.8 Å². The van der Waals surface area contributed by atoms with Crippen LogP contribution in [0.2, 0.25) is 0 Å². The Labute approximate surface area is 309 Å². The molecule has 2 heterocycles. The molecular weight excluding hydrogens is 711 g/mol. The molecule has 3 aromatic rings. The number of alkyl halides is 5. The van der Waals surface area contributed by atoms with E-state index in [-0.39, 0.29) is 67.2 Å². The van der Waals surface area contributed by atoms with Crippen LogP contribution in [0.25, 0.3) is 22.3 Å². The Balaban J connectivity index is 1.03. The number of aromatic nitrogens is 3. The molecule has 54 heavy (non-hydrogen) atoms. The monoisotopic (exact) mass is 756 g/mol. The second-order valence-corrected chi connectivity index (χ2v) is 17.0. The van der Waals surface area contributed by atoms with Gasteiger partial charge in [0.05, 0.1) is 29.4 Å². The second kappa shape index (κ2) is 13.2. The summed E-state index contributed by atoms with van der Waals surface area (Å²) in [5.74, 6) is -4.86. The third-order valence-corrected chi connectivity index (χ3v) is 13.4. The van der Waals surface area contributed by atoms with Gasteiger partial charge in [0.25, 0.3) is 5.91 Å². The van der Waals surface area contributed by atoms with Gasteiger partial charge in [-0.2, -0.15) is 13.2 Å². The molecule has 7 fully saturated rings. The molecule has 0 atom stereocenters. The number of ether oxygens (including phenoxy) is 2. The average Bonchev–Trinajstić information content (AvgIpc) is 3.87. The summed E-state index contributed by atoms with van der Waals surface area (Å²) in [7, 11) is 0. The van der Waals surface area contributed by atoms with Gasteiger partial charge in [0, 0.05) is 48.3 Å². The predicted octanol–water partition coefficient (Wildman–Crippen LogP) is 8.75. The number of carboxylic acids is 1. The van der Waals surface area contributed by atoms with E-state index in [0.717, 1.165) is 51.1 Å². The molecule has 0 saturated heterocycles. The molecule has 0 unspecified atom stereocenters. The molecule has 1 amide bonds. The third-order valence-electron chi connectivity index (χ3n) is 13.4. The molecule has 9 nitrogen and oxygen atoms in total. The first-order valence-electron chi connectivity index (χ1n) is 19.6. The molecule has 0 aliphatic heterocycles. The van der Waals surface area contributed by atoms with Crippen LogP contribution in [-0.4, -0.2) is 61.3 Å². The van der Waals surface area contributed by atoms with Gasteiger partial charge < -0.3 is 24.5 Å². The molecule has 14 heteroatoms. The van der Waals surface area contributed by atoms with Crippen molar-refractivity contribution in [1.29, 1.82) is 0 Å². The lowest BCUT2D eigenvalue weighted by Crippen LogP contribution is -2.70. The average molecular weight is 757 g/mol. The summed E-state index contributed by atoms with van der Waals surface area (Å²) in [5, 5.41) is 13.6. The van der Waals surface area contributed by atoms with E-state index in [2.05, 4.69) is 15.3 Å². The molecule has 7 saturated carbocycles. The molecule has 4 bridgehead atoms. The number of halogens is 5. The molecular formula is C40H45F5N4O5. The number of carbonyl (C=O) groups is 2. The Morgan fingerprint density at radius 3 is 2.07 bits per heavy atom. The summed E-state index contributed by atoms with van der Waals surface area (Å²) in [4.78, 5) is 34.8. The van der Waals surface area contributed by atoms with Gasteiger partial charge in [-0.15, -0.1) is 0 Å². The summed E-state index contributed by atoms with van der Waals surface area (Å²) < 4.78 is 87.1. The zero-order valence-corrected chi connectivity index (χ0v) is 29.9. The molecule has 10 rings (SSSR count). The Bertz CT molecular complexity index is 1910. The van der Waals surface area contributed by atoms with Crippen LogP contribution in [0.5, 0.6) is 5.75 Å². The first-order chi connectivity index (χ1) is 25.8. The maximum Gasteiger partial charge on any atom is 0.434 e. The zero-order chi connectivity index (χ0) is 37.6. The largest absolute Gasteiger partial charge is 0.490 e. The van der Waals surface area contributed by atoms with Crippen molar-refractivity contribution in [3.63, 3.8) is 0 Å². The highest BCUT2D eigenvalue weighted by Gasteiger charge is 2.62. The number of hydrogen-bond donors (Lipinski definition) is 2. The molecule has 290 valence electrons. The van der Waals surface area contributed by atoms with E-state index in [0.29, 0.717) is 60.3 Å². The van der Waals surface area contributed by atoms with Crippen LogP contribution in [-0.2, 0) is 15.7 Å². The number of hydrogen-bond acceptors (Lipinski definition) is 6. The fourth-order valence-corrected chi connectivity index (χ4v) is 10.7. The first-order valence-corrected chi connectivity index (χ1v) is 19.6. The smallest absolute Gasteiger partial charge is 0.434 e. The predicted molar refractivity (Wildman–Crippen MR) is 186 cm³/mol. The van der Waals surface area contributed by atoms with Crippen LogP contribution < -0.4 is 10.1 Å². The highest BCUT2D eigenvalue weighted by Crippen LogP contribution is 2.58. The van der Waals surface area contributed by atoms with Crippen LogP contribution >= 0.6 is 0 Å². The van der Waals surface area contributed by atoms with Gasteiger partial charge in [0.15, 0.2) is 11.5 Å². The van der Waals surface area contributed by atoms with Crippen LogP contribution in [0.15, 0.2) is 30.6 Å². The summed E-state index contributed by atoms with van der Waals surface area (Å²) in [6.07, 6.45) is 6.87. The van der Waals surface area contributed by atoms with Gasteiger partial charge in [-0.3, -0.25) is 4.79 Å². The number of carbonyl (C=O) groups excluding carboxylic acids is 1. The molecule has 7 aliphatic rings. The zero-order valence-electron chi connectivity index (χ0n) is 29.9. The number of aliphatic carboxylic acids is 1. The van der Waals surface area contributed by atoms with Crippen molar-refractivity contribution in [3.8, 4) is 17.1 Å². The van der Waals surface area contributed by atoms with Crippen LogP contribution in [0.1, 0.15) is 118 Å². The fraction of sp³-hybridized carbons (Fsp3) is 0.650. The standard InChI is InChI=1S/C40H45F5N4O5/c41-38(42)11-9-25(10-12-38)49-20-32(30-8-7-29(18-33(30)49)54-28-5-3-27(4-6-28)53-26-1-2-26)35-46-19-31(34(47-35)40(43,44)45)36(50)48-39(37(51)52)23-14-21-13-22(16-23)17-24(39)15-21/h7-8,18-28H,1-6,9-17H2,(H,48,50)(H,51,52). The maximum atomic E-state index is 14.8. The highest BCUT2D eigenvalue weighted by atomic mass is 19.4. The number of benzene rings is 1. The normalized spacial score (nSPS) is 32.2. The highest BCUT2D eigenvalue weighted by molar-refractivity contribution is 6.00. The quantitative estimate of drug-likeness (QED) is 0.210. The van der Waals surface area contributed by atoms with Crippen LogP contribution in [0.3, 0.4) is 0 Å². The summed E-state index contributed by atoms with van der Waals surface area (Å²) in [5.41, 5.74) is -3.10. The van der Waals surface area contributed by atoms with Crippen molar-refractivity contribution in [1.82, 2.24) is 19.9 Å². The molecule has 7 aliphatic carbocycles. The number of carboxylic acid groups (broad SMARTS) is 1. The van der Waals surface area contributed by atoms with Gasteiger partial charge in [-0.25, -0.2) is 23.5 Å². The Hall–Kier alpha value is -3.81. The Kier molecular flexibility index (Phi) is 8.74. The lowest BCUT2D eigenvalue weighted by Gasteiger charge is -2.59. The summed E-state index contributed by atoms with van der Waals surface area (Å²) >= 11 is 0. The van der Waals surface area contributed by atoms with Crippen LogP contribution in [0.4, 0.5) is 22.0 Å². The number of amides is 1. The number of fused-ring (bicyclic) bond motifs is 1. The number of nitrogens with one attached hydrogen (secondary N) is 1. The number of nitrogens with zero attached hydrogens (tertiary/aromatic N) is 3. The van der Waals surface area contributed by atoms with Gasteiger partial charge in [0.1, 0.15) is 11.3 Å². The van der Waals surface area contributed by atoms with Crippen molar-refractivity contribution in [3.05, 3.63) is 41.9 Å². The first kappa shape index (κ1) is 35.9. The van der Waals surface area contributed by atoms with Gasteiger partial charge in [-0.05, 0) is 119 Å². The minimum atomic E-state index is -5.07. The molecule has 1 aromatic carbocycles. The van der Waals surface area contributed by atoms with E-state index in [4.69, 9.17) is 9.47 Å². The van der Waals surface area contributed by atoms with E-state index in [1.54, 1.807) is 24.4 Å². The van der Waals surface area contributed by atoms with Crippen molar-refractivity contribution >= 4 is 22.8 Å². The minimum absolute atomic E-state index is 0.0340. The molecule has 0 spiro atoms. The lowest BCUT2D eigenvalue weighted by atomic mass is 9.48. The van der Waals surface area contributed by atoms with Crippen molar-refractivity contribution in [2.45, 2.75) is 138 Å². The fourth-order valence-electron chi connectivity index (χ4n) is 10.7. The Morgan fingerprint density at radius 1 is 0.870 bits per heavy atom. The van der Waals surface area contributed by atoms with Crippen LogP contribution in [0, 0.1) is 23.7 Å². The van der Waals surface area contributed by atoms with Crippen molar-refractivity contribution in [2.75, 3.05) is 0 Å². The van der Waals surface area contributed by atoms with E-state index in [1.807, 2.05) is 4.57 Å². The molecule has 2 N–H and O–H groups in total. The van der Waals surface area contributed by atoms with E-state index >= 15 is 0 Å². The van der Waals surface area contributed by atoms with Crippen molar-refractivity contribution in [2.24, 2.45) is 23.7 Å². The number of rotatable bonds is 9. The second-order valence-electron chi connectivity index (χ2n) is 17.0. The van der Waals surface area contributed by atoms with Gasteiger partial charge >= 0.3 is 12.1 Å². The SMILES string of the molecule is O=C(NC1(C(=O)O)C2CC3CC(C2)CC1C3)c1cnc(-c2cn(C3CCC(F)(F)CC3)c3cc(OC4CCC(OC5CC5)CC4)ccc23)nc1C(F)(F)F. The van der Waals surface area contributed by atoms with Crippen molar-refractivity contribution < 1.29 is 46.1 Å². The Morgan fingerprint density at radius 2 is 1.48 bits per heavy atom. The molecule has 2 aromatic heterocycles. The lowest BCUT2D eigenvalue weighted by molar-refractivity contribution is -0.163. The topological polar surface area (TPSA) is 116 Å². The third kappa shape index (κ3) is 6.53. The van der Waals surface area contributed by atoms with E-state index in [9.17, 15) is 36.6 Å².